The van der Waals surface area contributed by atoms with Crippen LogP contribution in [0.15, 0.2) is 47.2 Å². The SMILES string of the molecule is CCc1cc(COCCCO)c2ccccc2c1-c1ccsc1. The molecule has 0 aliphatic heterocycles. The summed E-state index contributed by atoms with van der Waals surface area (Å²) in [6, 6.07) is 13.1. The first-order valence-electron chi connectivity index (χ1n) is 8.09. The Kier molecular flexibility index (Phi) is 5.44. The van der Waals surface area contributed by atoms with Gasteiger partial charge in [-0.25, -0.2) is 0 Å². The summed E-state index contributed by atoms with van der Waals surface area (Å²) in [5, 5.41) is 15.8. The van der Waals surface area contributed by atoms with Gasteiger partial charge in [0.2, 0.25) is 0 Å². The fraction of sp³-hybridized carbons (Fsp3) is 0.300. The lowest BCUT2D eigenvalue weighted by atomic mass is 9.90. The maximum Gasteiger partial charge on any atom is 0.0722 e. The summed E-state index contributed by atoms with van der Waals surface area (Å²) >= 11 is 1.74. The molecule has 0 aliphatic carbocycles. The highest BCUT2D eigenvalue weighted by atomic mass is 32.1. The van der Waals surface area contributed by atoms with E-state index in [4.69, 9.17) is 9.84 Å². The molecule has 0 radical (unpaired) electrons. The van der Waals surface area contributed by atoms with E-state index in [2.05, 4.69) is 54.1 Å². The fourth-order valence-corrected chi connectivity index (χ4v) is 3.66. The number of aliphatic hydroxyl groups excluding tert-OH is 1. The number of hydrogen-bond acceptors (Lipinski definition) is 3. The number of benzene rings is 2. The Balaban J connectivity index is 2.07. The van der Waals surface area contributed by atoms with Crippen molar-refractivity contribution < 1.29 is 9.84 Å². The second-order valence-corrected chi connectivity index (χ2v) is 6.39. The minimum Gasteiger partial charge on any atom is -0.396 e. The van der Waals surface area contributed by atoms with E-state index in [-0.39, 0.29) is 6.61 Å². The highest BCUT2D eigenvalue weighted by molar-refractivity contribution is 7.08. The molecule has 3 aromatic rings. The maximum atomic E-state index is 8.88. The van der Waals surface area contributed by atoms with E-state index >= 15 is 0 Å². The maximum absolute atomic E-state index is 8.88. The zero-order valence-electron chi connectivity index (χ0n) is 13.4. The van der Waals surface area contributed by atoms with Gasteiger partial charge < -0.3 is 9.84 Å². The molecule has 0 amide bonds. The van der Waals surface area contributed by atoms with Crippen molar-refractivity contribution in [2.45, 2.75) is 26.4 Å². The molecule has 2 nitrogen and oxygen atoms in total. The molecule has 1 N–H and O–H groups in total. The van der Waals surface area contributed by atoms with Crippen LogP contribution in [0.5, 0.6) is 0 Å². The van der Waals surface area contributed by atoms with Gasteiger partial charge in [0.25, 0.3) is 0 Å². The molecule has 0 saturated carbocycles. The average molecular weight is 326 g/mol. The predicted octanol–water partition coefficient (Wildman–Crippen LogP) is 5.03. The van der Waals surface area contributed by atoms with Crippen molar-refractivity contribution >= 4 is 22.1 Å². The van der Waals surface area contributed by atoms with Gasteiger partial charge in [0.1, 0.15) is 0 Å². The summed E-state index contributed by atoms with van der Waals surface area (Å²) in [5.74, 6) is 0. The molecular weight excluding hydrogens is 304 g/mol. The van der Waals surface area contributed by atoms with Crippen molar-refractivity contribution in [1.29, 1.82) is 0 Å². The van der Waals surface area contributed by atoms with E-state index in [9.17, 15) is 0 Å². The fourth-order valence-electron chi connectivity index (χ4n) is 3.01. The zero-order chi connectivity index (χ0) is 16.1. The molecule has 0 atom stereocenters. The van der Waals surface area contributed by atoms with E-state index < -0.39 is 0 Å². The van der Waals surface area contributed by atoms with Crippen LogP contribution in [0.2, 0.25) is 0 Å². The van der Waals surface area contributed by atoms with E-state index in [1.807, 2.05) is 0 Å². The predicted molar refractivity (Wildman–Crippen MR) is 98.0 cm³/mol. The van der Waals surface area contributed by atoms with Crippen LogP contribution in [0, 0.1) is 0 Å². The molecule has 0 bridgehead atoms. The summed E-state index contributed by atoms with van der Waals surface area (Å²) in [6.07, 6.45) is 1.69. The van der Waals surface area contributed by atoms with Crippen LogP contribution in [0.25, 0.3) is 21.9 Å². The molecule has 1 aromatic heterocycles. The normalized spacial score (nSPS) is 11.2. The van der Waals surface area contributed by atoms with Crippen molar-refractivity contribution in [3.05, 3.63) is 58.3 Å². The lowest BCUT2D eigenvalue weighted by Gasteiger charge is -2.16. The Hall–Kier alpha value is -1.68. The quantitative estimate of drug-likeness (QED) is 0.617. The van der Waals surface area contributed by atoms with Gasteiger partial charge in [-0.05, 0) is 62.7 Å². The van der Waals surface area contributed by atoms with Gasteiger partial charge in [0, 0.05) is 13.2 Å². The standard InChI is InChI=1S/C20H22O2S/c1-2-15-12-17(13-22-10-5-9-21)18-6-3-4-7-19(18)20(15)16-8-11-23-14-16/h3-4,6-8,11-12,14,21H,2,5,9-10,13H2,1H3. The van der Waals surface area contributed by atoms with E-state index in [1.165, 1.54) is 33.0 Å². The van der Waals surface area contributed by atoms with E-state index in [0.29, 0.717) is 19.6 Å². The minimum absolute atomic E-state index is 0.179. The van der Waals surface area contributed by atoms with Crippen molar-refractivity contribution in [1.82, 2.24) is 0 Å². The van der Waals surface area contributed by atoms with Gasteiger partial charge >= 0.3 is 0 Å². The smallest absolute Gasteiger partial charge is 0.0722 e. The zero-order valence-corrected chi connectivity index (χ0v) is 14.2. The van der Waals surface area contributed by atoms with Gasteiger partial charge in [-0.2, -0.15) is 11.3 Å². The Morgan fingerprint density at radius 3 is 2.61 bits per heavy atom. The number of thiophene rings is 1. The average Bonchev–Trinajstić information content (AvgIpc) is 3.12. The molecule has 23 heavy (non-hydrogen) atoms. The monoisotopic (exact) mass is 326 g/mol. The second kappa shape index (κ2) is 7.73. The van der Waals surface area contributed by atoms with E-state index in [0.717, 1.165) is 6.42 Å². The first-order valence-corrected chi connectivity index (χ1v) is 9.04. The number of hydrogen-bond donors (Lipinski definition) is 1. The number of ether oxygens (including phenoxy) is 1. The molecule has 120 valence electrons. The lowest BCUT2D eigenvalue weighted by Crippen LogP contribution is -2.00. The van der Waals surface area contributed by atoms with Gasteiger partial charge in [0.15, 0.2) is 0 Å². The molecule has 0 fully saturated rings. The molecule has 3 heteroatoms. The molecule has 0 spiro atoms. The van der Waals surface area contributed by atoms with Crippen LogP contribution in [-0.4, -0.2) is 18.3 Å². The molecule has 3 rings (SSSR count). The van der Waals surface area contributed by atoms with Crippen molar-refractivity contribution in [2.75, 3.05) is 13.2 Å². The van der Waals surface area contributed by atoms with Crippen LogP contribution in [0.3, 0.4) is 0 Å². The number of rotatable bonds is 7. The Labute approximate surface area is 141 Å². The van der Waals surface area contributed by atoms with Crippen molar-refractivity contribution in [2.24, 2.45) is 0 Å². The van der Waals surface area contributed by atoms with Crippen LogP contribution in [0.4, 0.5) is 0 Å². The molecule has 0 unspecified atom stereocenters. The largest absolute Gasteiger partial charge is 0.396 e. The van der Waals surface area contributed by atoms with Gasteiger partial charge in [-0.1, -0.05) is 37.3 Å². The third-order valence-electron chi connectivity index (χ3n) is 4.11. The third kappa shape index (κ3) is 3.47. The second-order valence-electron chi connectivity index (χ2n) is 5.61. The Morgan fingerprint density at radius 1 is 1.09 bits per heavy atom. The summed E-state index contributed by atoms with van der Waals surface area (Å²) in [5.41, 5.74) is 5.25. The molecule has 0 saturated heterocycles. The summed E-state index contributed by atoms with van der Waals surface area (Å²) in [7, 11) is 0. The third-order valence-corrected chi connectivity index (χ3v) is 4.79. The van der Waals surface area contributed by atoms with Crippen LogP contribution in [0.1, 0.15) is 24.5 Å². The number of fused-ring (bicyclic) bond motifs is 1. The molecule has 0 aliphatic rings. The Bertz CT molecular complexity index is 763. The minimum atomic E-state index is 0.179. The van der Waals surface area contributed by atoms with Crippen molar-refractivity contribution in [3.63, 3.8) is 0 Å². The summed E-state index contributed by atoms with van der Waals surface area (Å²) < 4.78 is 5.74. The highest BCUT2D eigenvalue weighted by Crippen LogP contribution is 2.36. The summed E-state index contributed by atoms with van der Waals surface area (Å²) in [6.45, 7) is 3.57. The summed E-state index contributed by atoms with van der Waals surface area (Å²) in [4.78, 5) is 0. The highest BCUT2D eigenvalue weighted by Gasteiger charge is 2.13. The first-order chi connectivity index (χ1) is 11.3. The number of aliphatic hydroxyl groups is 1. The van der Waals surface area contributed by atoms with Gasteiger partial charge in [-0.15, -0.1) is 0 Å². The van der Waals surface area contributed by atoms with Crippen LogP contribution < -0.4 is 0 Å². The topological polar surface area (TPSA) is 29.5 Å². The van der Waals surface area contributed by atoms with Gasteiger partial charge in [0.05, 0.1) is 6.61 Å². The molecular formula is C20H22O2S. The van der Waals surface area contributed by atoms with Crippen LogP contribution >= 0.6 is 11.3 Å². The molecule has 2 aromatic carbocycles. The van der Waals surface area contributed by atoms with Gasteiger partial charge in [-0.3, -0.25) is 0 Å². The first kappa shape index (κ1) is 16.2. The lowest BCUT2D eigenvalue weighted by molar-refractivity contribution is 0.105. The molecule has 1 heterocycles. The van der Waals surface area contributed by atoms with Crippen LogP contribution in [-0.2, 0) is 17.8 Å². The Morgan fingerprint density at radius 2 is 1.91 bits per heavy atom. The van der Waals surface area contributed by atoms with E-state index in [1.54, 1.807) is 11.3 Å². The number of aryl methyl sites for hydroxylation is 1. The van der Waals surface area contributed by atoms with Crippen molar-refractivity contribution in [3.8, 4) is 11.1 Å².